The third-order valence-electron chi connectivity index (χ3n) is 2.80. The van der Waals surface area contributed by atoms with Crippen LogP contribution in [0.5, 0.6) is 0 Å². The number of nitrogens with zero attached hydrogens (tertiary/aromatic N) is 2. The number of aromatic nitrogens is 2. The summed E-state index contributed by atoms with van der Waals surface area (Å²) in [4.78, 5) is 17.1. The summed E-state index contributed by atoms with van der Waals surface area (Å²) < 4.78 is 4.97. The van der Waals surface area contributed by atoms with Crippen molar-refractivity contribution in [3.05, 3.63) is 42.0 Å². The molecular formula is C15H19N3O2S. The van der Waals surface area contributed by atoms with Gasteiger partial charge in [-0.3, -0.25) is 4.79 Å². The summed E-state index contributed by atoms with van der Waals surface area (Å²) in [5, 5.41) is 6.95. The highest BCUT2D eigenvalue weighted by Crippen LogP contribution is 2.21. The zero-order chi connectivity index (χ0) is 15.1. The number of carbonyl (C=O) groups is 1. The lowest BCUT2D eigenvalue weighted by atomic mass is 10.3. The predicted octanol–water partition coefficient (Wildman–Crippen LogP) is 2.61. The van der Waals surface area contributed by atoms with Gasteiger partial charge in [-0.2, -0.15) is 4.98 Å². The molecule has 2 aromatic rings. The van der Waals surface area contributed by atoms with E-state index in [-0.39, 0.29) is 5.91 Å². The molecule has 1 N–H and O–H groups in total. The van der Waals surface area contributed by atoms with E-state index in [1.54, 1.807) is 18.7 Å². The van der Waals surface area contributed by atoms with E-state index in [9.17, 15) is 4.79 Å². The molecule has 0 saturated heterocycles. The number of amides is 1. The Morgan fingerprint density at radius 3 is 2.81 bits per heavy atom. The Morgan fingerprint density at radius 2 is 2.14 bits per heavy atom. The monoisotopic (exact) mass is 305 g/mol. The number of hydrogen-bond donors (Lipinski definition) is 1. The summed E-state index contributed by atoms with van der Waals surface area (Å²) in [6.07, 6.45) is 0.844. The number of rotatable bonds is 7. The maximum atomic E-state index is 11.8. The molecule has 1 heterocycles. The van der Waals surface area contributed by atoms with Gasteiger partial charge in [-0.15, -0.1) is 11.8 Å². The molecule has 0 spiro atoms. The van der Waals surface area contributed by atoms with Crippen molar-refractivity contribution in [2.75, 3.05) is 6.54 Å². The molecule has 112 valence electrons. The Morgan fingerprint density at radius 1 is 1.38 bits per heavy atom. The second kappa shape index (κ2) is 7.83. The van der Waals surface area contributed by atoms with E-state index < -0.39 is 0 Å². The van der Waals surface area contributed by atoms with Gasteiger partial charge in [0.05, 0.1) is 0 Å². The minimum absolute atomic E-state index is 0.00589. The minimum atomic E-state index is 0.00589. The van der Waals surface area contributed by atoms with Crippen molar-refractivity contribution in [3.63, 3.8) is 0 Å². The molecule has 0 fully saturated rings. The number of carbonyl (C=O) groups excluding carboxylic acids is 1. The second-order valence-electron chi connectivity index (χ2n) is 4.78. The SMILES string of the molecule is Cc1noc(CCC(=O)NC[C@H](C)Sc2ccccc2)n1. The fraction of sp³-hybridized carbons (Fsp3) is 0.400. The Labute approximate surface area is 128 Å². The third kappa shape index (κ3) is 5.59. The van der Waals surface area contributed by atoms with Crippen LogP contribution in [0.15, 0.2) is 39.8 Å². The van der Waals surface area contributed by atoms with Crippen LogP contribution in [0.4, 0.5) is 0 Å². The molecule has 1 aromatic heterocycles. The Balaban J connectivity index is 1.66. The van der Waals surface area contributed by atoms with E-state index in [1.807, 2.05) is 18.2 Å². The smallest absolute Gasteiger partial charge is 0.227 e. The number of hydrogen-bond acceptors (Lipinski definition) is 5. The van der Waals surface area contributed by atoms with Crippen molar-refractivity contribution in [2.45, 2.75) is 36.8 Å². The van der Waals surface area contributed by atoms with Gasteiger partial charge in [-0.1, -0.05) is 30.3 Å². The third-order valence-corrected chi connectivity index (χ3v) is 3.92. The van der Waals surface area contributed by atoms with Crippen LogP contribution in [0.3, 0.4) is 0 Å². The van der Waals surface area contributed by atoms with Crippen LogP contribution in [0, 0.1) is 6.92 Å². The van der Waals surface area contributed by atoms with Gasteiger partial charge < -0.3 is 9.84 Å². The fourth-order valence-corrected chi connectivity index (χ4v) is 2.73. The molecule has 2 rings (SSSR count). The van der Waals surface area contributed by atoms with Crippen LogP contribution in [0.1, 0.15) is 25.1 Å². The number of benzene rings is 1. The normalized spacial score (nSPS) is 12.1. The van der Waals surface area contributed by atoms with Crippen LogP contribution < -0.4 is 5.32 Å². The van der Waals surface area contributed by atoms with Gasteiger partial charge in [-0.25, -0.2) is 0 Å². The van der Waals surface area contributed by atoms with E-state index in [4.69, 9.17) is 4.52 Å². The van der Waals surface area contributed by atoms with Crippen molar-refractivity contribution in [1.82, 2.24) is 15.5 Å². The highest BCUT2D eigenvalue weighted by Gasteiger charge is 2.09. The molecule has 21 heavy (non-hydrogen) atoms. The molecule has 5 nitrogen and oxygen atoms in total. The van der Waals surface area contributed by atoms with Gasteiger partial charge in [0, 0.05) is 29.5 Å². The summed E-state index contributed by atoms with van der Waals surface area (Å²) in [5.41, 5.74) is 0. The Hall–Kier alpha value is -1.82. The number of aryl methyl sites for hydroxylation is 2. The molecule has 6 heteroatoms. The van der Waals surface area contributed by atoms with E-state index in [0.717, 1.165) is 0 Å². The van der Waals surface area contributed by atoms with Crippen molar-refractivity contribution < 1.29 is 9.32 Å². The molecule has 0 aliphatic heterocycles. The molecule has 1 atom stereocenters. The zero-order valence-electron chi connectivity index (χ0n) is 12.2. The van der Waals surface area contributed by atoms with E-state index in [1.165, 1.54) is 4.90 Å². The molecule has 1 amide bonds. The minimum Gasteiger partial charge on any atom is -0.355 e. The first kappa shape index (κ1) is 15.6. The number of nitrogens with one attached hydrogen (secondary N) is 1. The van der Waals surface area contributed by atoms with Crippen molar-refractivity contribution in [1.29, 1.82) is 0 Å². The van der Waals surface area contributed by atoms with Crippen LogP contribution in [0.2, 0.25) is 0 Å². The van der Waals surface area contributed by atoms with Crippen molar-refractivity contribution >= 4 is 17.7 Å². The van der Waals surface area contributed by atoms with Gasteiger partial charge >= 0.3 is 0 Å². The zero-order valence-corrected chi connectivity index (χ0v) is 13.0. The molecule has 0 saturated carbocycles. The Kier molecular flexibility index (Phi) is 5.80. The molecule has 0 aliphatic rings. The van der Waals surface area contributed by atoms with E-state index in [2.05, 4.69) is 34.5 Å². The lowest BCUT2D eigenvalue weighted by molar-refractivity contribution is -0.121. The summed E-state index contributed by atoms with van der Waals surface area (Å²) in [5.74, 6) is 1.11. The molecule has 0 bridgehead atoms. The molecule has 0 radical (unpaired) electrons. The van der Waals surface area contributed by atoms with Gasteiger partial charge in [0.25, 0.3) is 0 Å². The molecule has 1 aromatic carbocycles. The van der Waals surface area contributed by atoms with Gasteiger partial charge in [-0.05, 0) is 19.1 Å². The van der Waals surface area contributed by atoms with Gasteiger partial charge in [0.1, 0.15) is 0 Å². The fourth-order valence-electron chi connectivity index (χ4n) is 1.78. The summed E-state index contributed by atoms with van der Waals surface area (Å²) >= 11 is 1.75. The standard InChI is InChI=1S/C15H19N3O2S/c1-11(21-13-6-4-3-5-7-13)10-16-14(19)8-9-15-17-12(2)18-20-15/h3-7,11H,8-10H2,1-2H3,(H,16,19)/t11-/m0/s1. The van der Waals surface area contributed by atoms with E-state index >= 15 is 0 Å². The van der Waals surface area contributed by atoms with Crippen molar-refractivity contribution in [3.8, 4) is 0 Å². The first-order valence-corrected chi connectivity index (χ1v) is 7.79. The van der Waals surface area contributed by atoms with Crippen LogP contribution in [-0.2, 0) is 11.2 Å². The topological polar surface area (TPSA) is 68.0 Å². The lowest BCUT2D eigenvalue weighted by Gasteiger charge is -2.12. The second-order valence-corrected chi connectivity index (χ2v) is 6.29. The summed E-state index contributed by atoms with van der Waals surface area (Å²) in [7, 11) is 0. The quantitative estimate of drug-likeness (QED) is 0.796. The summed E-state index contributed by atoms with van der Waals surface area (Å²) in [6.45, 7) is 4.50. The maximum Gasteiger partial charge on any atom is 0.227 e. The predicted molar refractivity (Wildman–Crippen MR) is 82.1 cm³/mol. The summed E-state index contributed by atoms with van der Waals surface area (Å²) in [6, 6.07) is 10.2. The average Bonchev–Trinajstić information content (AvgIpc) is 2.90. The largest absolute Gasteiger partial charge is 0.355 e. The van der Waals surface area contributed by atoms with E-state index in [0.29, 0.717) is 36.4 Å². The highest BCUT2D eigenvalue weighted by atomic mass is 32.2. The van der Waals surface area contributed by atoms with Crippen molar-refractivity contribution in [2.24, 2.45) is 0 Å². The highest BCUT2D eigenvalue weighted by molar-refractivity contribution is 8.00. The number of thioether (sulfide) groups is 1. The van der Waals surface area contributed by atoms with Gasteiger partial charge in [0.15, 0.2) is 5.82 Å². The maximum absolute atomic E-state index is 11.8. The first-order valence-electron chi connectivity index (χ1n) is 6.91. The molecule has 0 aliphatic carbocycles. The molecule has 0 unspecified atom stereocenters. The first-order chi connectivity index (χ1) is 10.1. The van der Waals surface area contributed by atoms with Crippen LogP contribution in [-0.4, -0.2) is 27.8 Å². The van der Waals surface area contributed by atoms with Crippen LogP contribution >= 0.6 is 11.8 Å². The van der Waals surface area contributed by atoms with Gasteiger partial charge in [0.2, 0.25) is 11.8 Å². The average molecular weight is 305 g/mol. The van der Waals surface area contributed by atoms with Crippen LogP contribution in [0.25, 0.3) is 0 Å². The lowest BCUT2D eigenvalue weighted by Crippen LogP contribution is -2.29. The Bertz CT molecular complexity index is 571. The molecular weight excluding hydrogens is 286 g/mol.